The molecule has 0 atom stereocenters. The summed E-state index contributed by atoms with van der Waals surface area (Å²) < 4.78 is 0. The van der Waals surface area contributed by atoms with Gasteiger partial charge in [0.05, 0.1) is 10.7 Å². The van der Waals surface area contributed by atoms with E-state index in [1.807, 2.05) is 6.92 Å². The van der Waals surface area contributed by atoms with Gasteiger partial charge in [-0.15, -0.1) is 0 Å². The summed E-state index contributed by atoms with van der Waals surface area (Å²) in [5.74, 6) is -0.448. The minimum atomic E-state index is -0.448. The maximum atomic E-state index is 11.1. The number of rotatable bonds is 3. The number of anilines is 3. The van der Waals surface area contributed by atoms with E-state index in [-0.39, 0.29) is 0 Å². The zero-order chi connectivity index (χ0) is 14.0. The van der Waals surface area contributed by atoms with E-state index < -0.39 is 5.91 Å². The number of carbonyl (C=O) groups is 1. The maximum Gasteiger partial charge on any atom is 0.248 e. The van der Waals surface area contributed by atoms with Gasteiger partial charge in [0.2, 0.25) is 5.91 Å². The lowest BCUT2D eigenvalue weighted by Crippen LogP contribution is -2.11. The van der Waals surface area contributed by atoms with E-state index in [1.54, 1.807) is 36.4 Å². The van der Waals surface area contributed by atoms with Crippen LogP contribution in [0.25, 0.3) is 0 Å². The fraction of sp³-hybridized carbons (Fsp3) is 0.0714. The van der Waals surface area contributed by atoms with E-state index in [1.165, 1.54) is 0 Å². The average molecular weight is 276 g/mol. The van der Waals surface area contributed by atoms with Crippen molar-refractivity contribution in [1.29, 1.82) is 0 Å². The Bertz CT molecular complexity index is 641. The predicted molar refractivity (Wildman–Crippen MR) is 78.8 cm³/mol. The number of carbonyl (C=O) groups excluding carboxylic acids is 1. The van der Waals surface area contributed by atoms with Crippen LogP contribution in [0.4, 0.5) is 17.1 Å². The molecule has 0 unspecified atom stereocenters. The second-order valence-electron chi connectivity index (χ2n) is 4.26. The van der Waals surface area contributed by atoms with Gasteiger partial charge >= 0.3 is 0 Å². The molecule has 0 saturated carbocycles. The Morgan fingerprint density at radius 3 is 2.53 bits per heavy atom. The van der Waals surface area contributed by atoms with Gasteiger partial charge in [0.1, 0.15) is 0 Å². The Kier molecular flexibility index (Phi) is 3.62. The number of aryl methyl sites for hydroxylation is 1. The first kappa shape index (κ1) is 13.2. The Morgan fingerprint density at radius 1 is 1.16 bits per heavy atom. The fourth-order valence-corrected chi connectivity index (χ4v) is 1.91. The quantitative estimate of drug-likeness (QED) is 0.753. The molecule has 0 fully saturated rings. The average Bonchev–Trinajstić information content (AvgIpc) is 2.36. The Hall–Kier alpha value is -2.20. The van der Waals surface area contributed by atoms with Gasteiger partial charge in [-0.2, -0.15) is 0 Å². The number of nitrogens with one attached hydrogen (secondary N) is 1. The molecule has 2 aromatic carbocycles. The van der Waals surface area contributed by atoms with E-state index in [9.17, 15) is 4.79 Å². The molecular formula is C14H14ClN3O. The van der Waals surface area contributed by atoms with Crippen LogP contribution in [0.3, 0.4) is 0 Å². The lowest BCUT2D eigenvalue weighted by Gasteiger charge is -2.12. The number of halogens is 1. The van der Waals surface area contributed by atoms with Gasteiger partial charge in [0.25, 0.3) is 0 Å². The third-order valence-corrected chi connectivity index (χ3v) is 3.10. The number of nitrogen functional groups attached to an aromatic ring is 1. The van der Waals surface area contributed by atoms with Crippen LogP contribution in [-0.4, -0.2) is 5.91 Å². The van der Waals surface area contributed by atoms with Crippen molar-refractivity contribution in [3.63, 3.8) is 0 Å². The molecule has 5 N–H and O–H groups in total. The van der Waals surface area contributed by atoms with Crippen LogP contribution in [0.2, 0.25) is 5.02 Å². The van der Waals surface area contributed by atoms with Gasteiger partial charge in [0.15, 0.2) is 0 Å². The normalized spacial score (nSPS) is 10.2. The van der Waals surface area contributed by atoms with Gasteiger partial charge in [-0.05, 0) is 48.9 Å². The highest BCUT2D eigenvalue weighted by atomic mass is 35.5. The molecular weight excluding hydrogens is 262 g/mol. The molecule has 0 radical (unpaired) electrons. The van der Waals surface area contributed by atoms with Crippen LogP contribution in [0.1, 0.15) is 15.9 Å². The molecule has 0 saturated heterocycles. The SMILES string of the molecule is Cc1cc(C(N)=O)ccc1Nc1cc(N)ccc1Cl. The molecule has 0 aliphatic carbocycles. The molecule has 2 aromatic rings. The van der Waals surface area contributed by atoms with Crippen molar-refractivity contribution in [3.05, 3.63) is 52.5 Å². The number of benzene rings is 2. The van der Waals surface area contributed by atoms with E-state index in [0.29, 0.717) is 16.3 Å². The first-order valence-corrected chi connectivity index (χ1v) is 6.07. The summed E-state index contributed by atoms with van der Waals surface area (Å²) in [5, 5.41) is 3.76. The van der Waals surface area contributed by atoms with Gasteiger partial charge in [-0.25, -0.2) is 0 Å². The molecule has 0 aliphatic heterocycles. The first-order chi connectivity index (χ1) is 8.97. The van der Waals surface area contributed by atoms with Crippen LogP contribution in [0.5, 0.6) is 0 Å². The van der Waals surface area contributed by atoms with Crippen molar-refractivity contribution in [3.8, 4) is 0 Å². The van der Waals surface area contributed by atoms with Crippen molar-refractivity contribution in [2.75, 3.05) is 11.1 Å². The smallest absolute Gasteiger partial charge is 0.248 e. The number of amides is 1. The number of nitrogens with two attached hydrogens (primary N) is 2. The van der Waals surface area contributed by atoms with Crippen LogP contribution >= 0.6 is 11.6 Å². The lowest BCUT2D eigenvalue weighted by molar-refractivity contribution is 0.1000. The van der Waals surface area contributed by atoms with Crippen molar-refractivity contribution in [2.45, 2.75) is 6.92 Å². The third-order valence-electron chi connectivity index (χ3n) is 2.77. The highest BCUT2D eigenvalue weighted by molar-refractivity contribution is 6.33. The van der Waals surface area contributed by atoms with Crippen molar-refractivity contribution in [2.24, 2.45) is 5.73 Å². The molecule has 0 spiro atoms. The Morgan fingerprint density at radius 2 is 1.89 bits per heavy atom. The summed E-state index contributed by atoms with van der Waals surface area (Å²) in [6.45, 7) is 1.88. The maximum absolute atomic E-state index is 11.1. The van der Waals surface area contributed by atoms with Crippen molar-refractivity contribution in [1.82, 2.24) is 0 Å². The van der Waals surface area contributed by atoms with Crippen LogP contribution < -0.4 is 16.8 Å². The standard InChI is InChI=1S/C14H14ClN3O/c1-8-6-9(14(17)19)2-5-12(8)18-13-7-10(16)3-4-11(13)15/h2-7,18H,16H2,1H3,(H2,17,19). The summed E-state index contributed by atoms with van der Waals surface area (Å²) in [7, 11) is 0. The second-order valence-corrected chi connectivity index (χ2v) is 4.67. The van der Waals surface area contributed by atoms with Gasteiger partial charge < -0.3 is 16.8 Å². The largest absolute Gasteiger partial charge is 0.399 e. The highest BCUT2D eigenvalue weighted by Gasteiger charge is 2.06. The molecule has 0 aromatic heterocycles. The van der Waals surface area contributed by atoms with Gasteiger partial charge in [-0.1, -0.05) is 11.6 Å². The molecule has 0 heterocycles. The minimum Gasteiger partial charge on any atom is -0.399 e. The predicted octanol–water partition coefficient (Wildman–Crippen LogP) is 3.07. The monoisotopic (exact) mass is 275 g/mol. The molecule has 0 bridgehead atoms. The zero-order valence-corrected chi connectivity index (χ0v) is 11.2. The molecule has 4 nitrogen and oxygen atoms in total. The van der Waals surface area contributed by atoms with Crippen LogP contribution in [0.15, 0.2) is 36.4 Å². The fourth-order valence-electron chi connectivity index (χ4n) is 1.74. The van der Waals surface area contributed by atoms with E-state index in [4.69, 9.17) is 23.1 Å². The molecule has 98 valence electrons. The molecule has 19 heavy (non-hydrogen) atoms. The summed E-state index contributed by atoms with van der Waals surface area (Å²) >= 11 is 6.09. The first-order valence-electron chi connectivity index (χ1n) is 5.70. The Labute approximate surface area is 116 Å². The summed E-state index contributed by atoms with van der Waals surface area (Å²) in [5.41, 5.74) is 14.5. The van der Waals surface area contributed by atoms with E-state index in [2.05, 4.69) is 5.32 Å². The second kappa shape index (κ2) is 5.20. The third kappa shape index (κ3) is 2.98. The van der Waals surface area contributed by atoms with Crippen molar-refractivity contribution < 1.29 is 4.79 Å². The molecule has 2 rings (SSSR count). The van der Waals surface area contributed by atoms with E-state index >= 15 is 0 Å². The molecule has 1 amide bonds. The van der Waals surface area contributed by atoms with Crippen LogP contribution in [0, 0.1) is 6.92 Å². The topological polar surface area (TPSA) is 81.1 Å². The van der Waals surface area contributed by atoms with Crippen LogP contribution in [-0.2, 0) is 0 Å². The zero-order valence-electron chi connectivity index (χ0n) is 10.4. The minimum absolute atomic E-state index is 0.448. The number of primary amides is 1. The van der Waals surface area contributed by atoms with Crippen molar-refractivity contribution >= 4 is 34.6 Å². The molecule has 0 aliphatic rings. The van der Waals surface area contributed by atoms with Gasteiger partial charge in [-0.3, -0.25) is 4.79 Å². The Balaban J connectivity index is 2.33. The summed E-state index contributed by atoms with van der Waals surface area (Å²) in [4.78, 5) is 11.1. The molecule has 5 heteroatoms. The summed E-state index contributed by atoms with van der Waals surface area (Å²) in [6, 6.07) is 10.4. The number of hydrogen-bond donors (Lipinski definition) is 3. The summed E-state index contributed by atoms with van der Waals surface area (Å²) in [6.07, 6.45) is 0. The highest BCUT2D eigenvalue weighted by Crippen LogP contribution is 2.29. The van der Waals surface area contributed by atoms with Gasteiger partial charge in [0, 0.05) is 16.9 Å². The lowest BCUT2D eigenvalue weighted by atomic mass is 10.1. The number of hydrogen-bond acceptors (Lipinski definition) is 3. The van der Waals surface area contributed by atoms with E-state index in [0.717, 1.165) is 16.9 Å².